The van der Waals surface area contributed by atoms with Crippen molar-refractivity contribution in [1.82, 2.24) is 9.80 Å². The quantitative estimate of drug-likeness (QED) is 0.834. The Morgan fingerprint density at radius 1 is 1.19 bits per heavy atom. The van der Waals surface area contributed by atoms with Crippen molar-refractivity contribution in [1.29, 1.82) is 0 Å². The van der Waals surface area contributed by atoms with Gasteiger partial charge in [0.1, 0.15) is 5.75 Å². The third kappa shape index (κ3) is 3.97. The highest BCUT2D eigenvalue weighted by molar-refractivity contribution is 5.81. The number of piperazine rings is 1. The summed E-state index contributed by atoms with van der Waals surface area (Å²) in [7, 11) is 0. The van der Waals surface area contributed by atoms with Crippen LogP contribution in [0.1, 0.15) is 25.8 Å². The van der Waals surface area contributed by atoms with Crippen LogP contribution in [0.3, 0.4) is 0 Å². The van der Waals surface area contributed by atoms with Gasteiger partial charge in [0.25, 0.3) is 5.91 Å². The van der Waals surface area contributed by atoms with Gasteiger partial charge in [-0.25, -0.2) is 0 Å². The van der Waals surface area contributed by atoms with Crippen LogP contribution in [-0.2, 0) is 4.79 Å². The fourth-order valence-corrected chi connectivity index (χ4v) is 2.64. The summed E-state index contributed by atoms with van der Waals surface area (Å²) in [6.45, 7) is 10.8. The maximum atomic E-state index is 12.6. The second-order valence-electron chi connectivity index (χ2n) is 5.54. The first-order valence-corrected chi connectivity index (χ1v) is 7.89. The second kappa shape index (κ2) is 7.46. The van der Waals surface area contributed by atoms with Crippen LogP contribution in [0.2, 0.25) is 0 Å². The van der Waals surface area contributed by atoms with Crippen LogP contribution in [0.4, 0.5) is 0 Å². The molecule has 2 rings (SSSR count). The molecule has 0 N–H and O–H groups in total. The van der Waals surface area contributed by atoms with Gasteiger partial charge in [-0.2, -0.15) is 0 Å². The zero-order valence-corrected chi connectivity index (χ0v) is 13.3. The summed E-state index contributed by atoms with van der Waals surface area (Å²) in [5, 5.41) is 0. The average molecular weight is 290 g/mol. The van der Waals surface area contributed by atoms with Gasteiger partial charge in [-0.1, -0.05) is 32.0 Å². The first-order valence-electron chi connectivity index (χ1n) is 7.89. The molecule has 0 radical (unpaired) electrons. The first kappa shape index (κ1) is 15.8. The number of hydrogen-bond acceptors (Lipinski definition) is 3. The van der Waals surface area contributed by atoms with Gasteiger partial charge in [-0.15, -0.1) is 0 Å². The molecule has 1 aliphatic rings. The van der Waals surface area contributed by atoms with E-state index in [9.17, 15) is 4.79 Å². The van der Waals surface area contributed by atoms with Crippen LogP contribution < -0.4 is 4.74 Å². The number of carbonyl (C=O) groups is 1. The fraction of sp³-hybridized carbons (Fsp3) is 0.588. The summed E-state index contributed by atoms with van der Waals surface area (Å²) in [6, 6.07) is 7.86. The van der Waals surface area contributed by atoms with E-state index in [0.29, 0.717) is 6.42 Å². The third-order valence-corrected chi connectivity index (χ3v) is 4.14. The minimum Gasteiger partial charge on any atom is -0.480 e. The monoisotopic (exact) mass is 290 g/mol. The van der Waals surface area contributed by atoms with Gasteiger partial charge in [0.05, 0.1) is 0 Å². The molecule has 0 bridgehead atoms. The predicted molar refractivity (Wildman–Crippen MR) is 84.6 cm³/mol. The van der Waals surface area contributed by atoms with Crippen molar-refractivity contribution < 1.29 is 9.53 Å². The Morgan fingerprint density at radius 3 is 2.43 bits per heavy atom. The summed E-state index contributed by atoms with van der Waals surface area (Å²) in [5.41, 5.74) is 1.07. The molecule has 0 saturated carbocycles. The standard InChI is InChI=1S/C17H26N2O2/c1-4-15(21-16-9-7-6-8-14(16)3)17(20)19-12-10-18(5-2)11-13-19/h6-9,15H,4-5,10-13H2,1-3H3/t15-/m0/s1. The SMILES string of the molecule is CC[C@H](Oc1ccccc1C)C(=O)N1CCN(CC)CC1. The molecule has 1 aromatic rings. The minimum absolute atomic E-state index is 0.122. The van der Waals surface area contributed by atoms with Gasteiger partial charge in [-0.05, 0) is 31.5 Å². The summed E-state index contributed by atoms with van der Waals surface area (Å²) < 4.78 is 5.96. The summed E-state index contributed by atoms with van der Waals surface area (Å²) >= 11 is 0. The number of likely N-dealkylation sites (N-methyl/N-ethyl adjacent to an activating group) is 1. The normalized spacial score (nSPS) is 17.6. The highest BCUT2D eigenvalue weighted by atomic mass is 16.5. The van der Waals surface area contributed by atoms with Gasteiger partial charge in [0, 0.05) is 26.2 Å². The lowest BCUT2D eigenvalue weighted by molar-refractivity contribution is -0.140. The topological polar surface area (TPSA) is 32.8 Å². The minimum atomic E-state index is -0.376. The Kier molecular flexibility index (Phi) is 5.62. The molecule has 1 atom stereocenters. The summed E-state index contributed by atoms with van der Waals surface area (Å²) in [5.74, 6) is 0.932. The molecule has 4 heteroatoms. The maximum absolute atomic E-state index is 12.6. The van der Waals surface area contributed by atoms with E-state index in [1.54, 1.807) is 0 Å². The molecule has 21 heavy (non-hydrogen) atoms. The highest BCUT2D eigenvalue weighted by Crippen LogP contribution is 2.20. The van der Waals surface area contributed by atoms with Gasteiger partial charge >= 0.3 is 0 Å². The van der Waals surface area contributed by atoms with E-state index in [1.807, 2.05) is 43.0 Å². The molecule has 0 spiro atoms. The number of nitrogens with zero attached hydrogens (tertiary/aromatic N) is 2. The molecule has 0 aliphatic carbocycles. The van der Waals surface area contributed by atoms with Crippen LogP contribution in [0.15, 0.2) is 24.3 Å². The van der Waals surface area contributed by atoms with Crippen molar-refractivity contribution >= 4 is 5.91 Å². The molecule has 0 unspecified atom stereocenters. The van der Waals surface area contributed by atoms with Gasteiger partial charge < -0.3 is 14.5 Å². The Morgan fingerprint density at radius 2 is 1.86 bits per heavy atom. The zero-order chi connectivity index (χ0) is 15.2. The number of amides is 1. The maximum Gasteiger partial charge on any atom is 0.263 e. The molecular weight excluding hydrogens is 264 g/mol. The molecule has 0 aromatic heterocycles. The number of rotatable bonds is 5. The van der Waals surface area contributed by atoms with Crippen molar-refractivity contribution in [3.05, 3.63) is 29.8 Å². The number of ether oxygens (including phenoxy) is 1. The summed E-state index contributed by atoms with van der Waals surface area (Å²) in [4.78, 5) is 16.9. The first-order chi connectivity index (χ1) is 10.2. The van der Waals surface area contributed by atoms with Crippen molar-refractivity contribution in [2.45, 2.75) is 33.3 Å². The lowest BCUT2D eigenvalue weighted by Crippen LogP contribution is -2.52. The lowest BCUT2D eigenvalue weighted by Gasteiger charge is -2.35. The molecule has 1 fully saturated rings. The van der Waals surface area contributed by atoms with Gasteiger partial charge in [0.2, 0.25) is 0 Å². The highest BCUT2D eigenvalue weighted by Gasteiger charge is 2.27. The summed E-state index contributed by atoms with van der Waals surface area (Å²) in [6.07, 6.45) is 0.320. The molecule has 1 amide bonds. The second-order valence-corrected chi connectivity index (χ2v) is 5.54. The third-order valence-electron chi connectivity index (χ3n) is 4.14. The van der Waals surface area contributed by atoms with Crippen molar-refractivity contribution in [3.8, 4) is 5.75 Å². The van der Waals surface area contributed by atoms with E-state index < -0.39 is 0 Å². The number of aryl methyl sites for hydroxylation is 1. The Labute approximate surface area is 127 Å². The Balaban J connectivity index is 1.98. The fourth-order valence-electron chi connectivity index (χ4n) is 2.64. The largest absolute Gasteiger partial charge is 0.480 e. The van der Waals surface area contributed by atoms with Crippen LogP contribution in [0.5, 0.6) is 5.75 Å². The number of hydrogen-bond donors (Lipinski definition) is 0. The predicted octanol–water partition coefficient (Wildman–Crippen LogP) is 2.32. The average Bonchev–Trinajstić information content (AvgIpc) is 2.53. The van der Waals surface area contributed by atoms with E-state index >= 15 is 0 Å². The van der Waals surface area contributed by atoms with E-state index in [2.05, 4.69) is 11.8 Å². The Bertz CT molecular complexity index is 468. The van der Waals surface area contributed by atoms with Gasteiger partial charge in [-0.3, -0.25) is 4.79 Å². The van der Waals surface area contributed by atoms with Crippen molar-refractivity contribution in [3.63, 3.8) is 0 Å². The number of para-hydroxylation sites is 1. The van der Waals surface area contributed by atoms with E-state index in [1.165, 1.54) is 0 Å². The van der Waals surface area contributed by atoms with Crippen LogP contribution >= 0.6 is 0 Å². The van der Waals surface area contributed by atoms with E-state index in [-0.39, 0.29) is 12.0 Å². The van der Waals surface area contributed by atoms with Crippen LogP contribution in [-0.4, -0.2) is 54.5 Å². The number of benzene rings is 1. The van der Waals surface area contributed by atoms with E-state index in [0.717, 1.165) is 44.0 Å². The molecule has 116 valence electrons. The van der Waals surface area contributed by atoms with Gasteiger partial charge in [0.15, 0.2) is 6.10 Å². The molecule has 1 aromatic carbocycles. The smallest absolute Gasteiger partial charge is 0.263 e. The van der Waals surface area contributed by atoms with Crippen LogP contribution in [0, 0.1) is 6.92 Å². The van der Waals surface area contributed by atoms with E-state index in [4.69, 9.17) is 4.74 Å². The van der Waals surface area contributed by atoms with Crippen molar-refractivity contribution in [2.75, 3.05) is 32.7 Å². The molecular formula is C17H26N2O2. The zero-order valence-electron chi connectivity index (χ0n) is 13.3. The van der Waals surface area contributed by atoms with Crippen molar-refractivity contribution in [2.24, 2.45) is 0 Å². The Hall–Kier alpha value is -1.55. The molecule has 4 nitrogen and oxygen atoms in total. The number of carbonyl (C=O) groups excluding carboxylic acids is 1. The molecule has 1 aliphatic heterocycles. The molecule has 1 saturated heterocycles. The lowest BCUT2D eigenvalue weighted by atomic mass is 10.2. The molecule has 1 heterocycles. The van der Waals surface area contributed by atoms with Crippen LogP contribution in [0.25, 0.3) is 0 Å².